The number of alkyl halides is 2. The van der Waals surface area contributed by atoms with Crippen LogP contribution in [0, 0.1) is 5.92 Å². The van der Waals surface area contributed by atoms with Crippen LogP contribution in [0.25, 0.3) is 0 Å². The maximum absolute atomic E-state index is 12.5. The number of carbonyl (C=O) groups excluding carboxylic acids is 1. The lowest BCUT2D eigenvalue weighted by atomic mass is 9.77. The summed E-state index contributed by atoms with van der Waals surface area (Å²) < 4.78 is 25.0. The van der Waals surface area contributed by atoms with Gasteiger partial charge in [0.2, 0.25) is 5.92 Å². The van der Waals surface area contributed by atoms with Crippen molar-refractivity contribution in [2.24, 2.45) is 5.92 Å². The first-order valence-corrected chi connectivity index (χ1v) is 4.56. The molecule has 0 aromatic heterocycles. The highest BCUT2D eigenvalue weighted by Gasteiger charge is 2.48. The van der Waals surface area contributed by atoms with Crippen LogP contribution in [0.3, 0.4) is 0 Å². The Hall–Kier alpha value is -1.25. The van der Waals surface area contributed by atoms with Gasteiger partial charge in [-0.2, -0.15) is 0 Å². The lowest BCUT2D eigenvalue weighted by Gasteiger charge is -2.33. The highest BCUT2D eigenvalue weighted by Crippen LogP contribution is 2.43. The Morgan fingerprint density at radius 2 is 1.79 bits per heavy atom. The molecule has 0 heterocycles. The van der Waals surface area contributed by atoms with Crippen molar-refractivity contribution in [1.29, 1.82) is 0 Å². The molecular formula is C11H10F2O. The Kier molecular flexibility index (Phi) is 2.10. The molecule has 2 rings (SSSR count). The average Bonchev–Trinajstić information content (AvgIpc) is 2.14. The van der Waals surface area contributed by atoms with E-state index < -0.39 is 11.8 Å². The van der Waals surface area contributed by atoms with Crippen molar-refractivity contribution in [3.63, 3.8) is 0 Å². The number of benzene rings is 1. The molecule has 0 unspecified atom stereocenters. The fraction of sp³-hybridized carbons (Fsp3) is 0.364. The van der Waals surface area contributed by atoms with E-state index in [0.717, 1.165) is 0 Å². The standard InChI is InChI=1S/C11H10F2O/c12-11(13)6-9(7-11)10(14)8-4-2-1-3-5-8/h1-5,9H,6-7H2. The largest absolute Gasteiger partial charge is 0.294 e. The molecule has 1 aliphatic carbocycles. The third kappa shape index (κ3) is 1.67. The van der Waals surface area contributed by atoms with Gasteiger partial charge in [0.15, 0.2) is 5.78 Å². The molecule has 0 N–H and O–H groups in total. The molecule has 0 saturated heterocycles. The molecule has 1 aliphatic rings. The Labute approximate surface area is 80.7 Å². The molecule has 1 saturated carbocycles. The maximum Gasteiger partial charge on any atom is 0.249 e. The van der Waals surface area contributed by atoms with Gasteiger partial charge in [-0.3, -0.25) is 4.79 Å². The van der Waals surface area contributed by atoms with E-state index in [9.17, 15) is 13.6 Å². The molecule has 1 aromatic rings. The van der Waals surface area contributed by atoms with E-state index in [1.165, 1.54) is 0 Å². The van der Waals surface area contributed by atoms with Crippen molar-refractivity contribution in [3.05, 3.63) is 35.9 Å². The predicted molar refractivity (Wildman–Crippen MR) is 48.4 cm³/mol. The second-order valence-corrected chi connectivity index (χ2v) is 3.69. The Bertz CT molecular complexity index is 338. The van der Waals surface area contributed by atoms with Gasteiger partial charge < -0.3 is 0 Å². The summed E-state index contributed by atoms with van der Waals surface area (Å²) in [6, 6.07) is 8.61. The van der Waals surface area contributed by atoms with Gasteiger partial charge in [0.1, 0.15) is 0 Å². The molecule has 0 spiro atoms. The van der Waals surface area contributed by atoms with Gasteiger partial charge in [-0.25, -0.2) is 8.78 Å². The average molecular weight is 196 g/mol. The maximum atomic E-state index is 12.5. The van der Waals surface area contributed by atoms with E-state index in [2.05, 4.69) is 0 Å². The van der Waals surface area contributed by atoms with Crippen LogP contribution in [0.5, 0.6) is 0 Å². The highest BCUT2D eigenvalue weighted by atomic mass is 19.3. The number of halogens is 2. The molecule has 3 heteroatoms. The number of carbonyl (C=O) groups is 1. The first kappa shape index (κ1) is 9.31. The summed E-state index contributed by atoms with van der Waals surface area (Å²) in [5.74, 6) is -3.25. The molecule has 0 radical (unpaired) electrons. The van der Waals surface area contributed by atoms with Gasteiger partial charge in [0.05, 0.1) is 0 Å². The zero-order valence-electron chi connectivity index (χ0n) is 7.54. The third-order valence-corrected chi connectivity index (χ3v) is 2.52. The van der Waals surface area contributed by atoms with E-state index in [4.69, 9.17) is 0 Å². The molecule has 1 nitrogen and oxygen atoms in total. The molecule has 1 fully saturated rings. The molecule has 0 aliphatic heterocycles. The molecule has 0 amide bonds. The summed E-state index contributed by atoms with van der Waals surface area (Å²) in [7, 11) is 0. The molecule has 0 atom stereocenters. The number of Topliss-reactive ketones (excluding diaryl/α,β-unsaturated/α-hetero) is 1. The topological polar surface area (TPSA) is 17.1 Å². The second-order valence-electron chi connectivity index (χ2n) is 3.69. The smallest absolute Gasteiger partial charge is 0.249 e. The quantitative estimate of drug-likeness (QED) is 0.664. The predicted octanol–water partition coefficient (Wildman–Crippen LogP) is 2.91. The van der Waals surface area contributed by atoms with Crippen LogP contribution in [-0.2, 0) is 0 Å². The number of ketones is 1. The zero-order valence-corrected chi connectivity index (χ0v) is 7.54. The monoisotopic (exact) mass is 196 g/mol. The van der Waals surface area contributed by atoms with Gasteiger partial charge in [-0.15, -0.1) is 0 Å². The van der Waals surface area contributed by atoms with Gasteiger partial charge in [0, 0.05) is 24.3 Å². The Balaban J connectivity index is 2.05. The second kappa shape index (κ2) is 3.15. The lowest BCUT2D eigenvalue weighted by Crippen LogP contribution is -2.39. The van der Waals surface area contributed by atoms with Crippen molar-refractivity contribution in [2.75, 3.05) is 0 Å². The van der Waals surface area contributed by atoms with Gasteiger partial charge in [-0.1, -0.05) is 30.3 Å². The van der Waals surface area contributed by atoms with E-state index in [1.54, 1.807) is 30.3 Å². The van der Waals surface area contributed by atoms with Crippen LogP contribution < -0.4 is 0 Å². The molecule has 0 bridgehead atoms. The summed E-state index contributed by atoms with van der Waals surface area (Å²) in [6.07, 6.45) is -0.582. The van der Waals surface area contributed by atoms with Gasteiger partial charge in [0.25, 0.3) is 0 Å². The van der Waals surface area contributed by atoms with Crippen molar-refractivity contribution in [2.45, 2.75) is 18.8 Å². The SMILES string of the molecule is O=C(c1ccccc1)C1CC(F)(F)C1. The van der Waals surface area contributed by atoms with E-state index in [1.807, 2.05) is 0 Å². The van der Waals surface area contributed by atoms with E-state index in [-0.39, 0.29) is 18.6 Å². The minimum atomic E-state index is -2.62. The van der Waals surface area contributed by atoms with Crippen LogP contribution in [0.15, 0.2) is 30.3 Å². The lowest BCUT2D eigenvalue weighted by molar-refractivity contribution is -0.0982. The summed E-state index contributed by atoms with van der Waals surface area (Å²) in [5.41, 5.74) is 0.535. The van der Waals surface area contributed by atoms with Crippen LogP contribution in [0.2, 0.25) is 0 Å². The zero-order chi connectivity index (χ0) is 10.2. The first-order valence-electron chi connectivity index (χ1n) is 4.56. The van der Waals surface area contributed by atoms with Gasteiger partial charge in [-0.05, 0) is 0 Å². The molecule has 1 aromatic carbocycles. The summed E-state index contributed by atoms with van der Waals surface area (Å²) in [6.45, 7) is 0. The summed E-state index contributed by atoms with van der Waals surface area (Å²) >= 11 is 0. The van der Waals surface area contributed by atoms with Crippen molar-refractivity contribution in [1.82, 2.24) is 0 Å². The molecule has 74 valence electrons. The van der Waals surface area contributed by atoms with Crippen molar-refractivity contribution in [3.8, 4) is 0 Å². The minimum Gasteiger partial charge on any atom is -0.294 e. The van der Waals surface area contributed by atoms with Crippen molar-refractivity contribution >= 4 is 5.78 Å². The van der Waals surface area contributed by atoms with Crippen molar-refractivity contribution < 1.29 is 13.6 Å². The first-order chi connectivity index (χ1) is 6.58. The third-order valence-electron chi connectivity index (χ3n) is 2.52. The normalized spacial score (nSPS) is 20.1. The number of hydrogen-bond acceptors (Lipinski definition) is 1. The number of hydrogen-bond donors (Lipinski definition) is 0. The minimum absolute atomic E-state index is 0.156. The van der Waals surface area contributed by atoms with Crippen LogP contribution in [0.4, 0.5) is 8.78 Å². The highest BCUT2D eigenvalue weighted by molar-refractivity contribution is 5.98. The molecule has 14 heavy (non-hydrogen) atoms. The summed E-state index contributed by atoms with van der Waals surface area (Å²) in [4.78, 5) is 11.6. The van der Waals surface area contributed by atoms with Gasteiger partial charge >= 0.3 is 0 Å². The van der Waals surface area contributed by atoms with Crippen LogP contribution >= 0.6 is 0 Å². The van der Waals surface area contributed by atoms with E-state index >= 15 is 0 Å². The number of rotatable bonds is 2. The van der Waals surface area contributed by atoms with E-state index in [0.29, 0.717) is 5.56 Å². The van der Waals surface area contributed by atoms with Crippen LogP contribution in [0.1, 0.15) is 23.2 Å². The fourth-order valence-electron chi connectivity index (χ4n) is 1.68. The molecular weight excluding hydrogens is 186 g/mol. The Morgan fingerprint density at radius 1 is 1.21 bits per heavy atom. The Morgan fingerprint density at radius 3 is 2.29 bits per heavy atom. The van der Waals surface area contributed by atoms with Crippen LogP contribution in [-0.4, -0.2) is 11.7 Å². The fourth-order valence-corrected chi connectivity index (χ4v) is 1.68. The summed E-state index contributed by atoms with van der Waals surface area (Å²) in [5, 5.41) is 0.